The van der Waals surface area contributed by atoms with E-state index >= 15 is 0 Å². The Balaban J connectivity index is 3.34. The van der Waals surface area contributed by atoms with Crippen molar-refractivity contribution in [3.8, 4) is 11.5 Å². The number of ether oxygens (including phenoxy) is 2. The minimum atomic E-state index is -0.0476. The lowest BCUT2D eigenvalue weighted by Gasteiger charge is -2.32. The Morgan fingerprint density at radius 1 is 1.12 bits per heavy atom. The Kier molecular flexibility index (Phi) is 4.37. The van der Waals surface area contributed by atoms with Crippen molar-refractivity contribution in [3.05, 3.63) is 23.8 Å². The highest BCUT2D eigenvalue weighted by Crippen LogP contribution is 2.41. The topological polar surface area (TPSA) is 56.5 Å². The average molecular weight is 238 g/mol. The third kappa shape index (κ3) is 2.90. The van der Waals surface area contributed by atoms with Crippen molar-refractivity contribution >= 4 is 0 Å². The summed E-state index contributed by atoms with van der Waals surface area (Å²) in [6.45, 7) is 6.34. The Morgan fingerprint density at radius 3 is 1.88 bits per heavy atom. The van der Waals surface area contributed by atoms with Crippen molar-refractivity contribution in [2.75, 3.05) is 14.2 Å². The number of hydrazine groups is 1. The number of hydrogen-bond acceptors (Lipinski definition) is 4. The highest BCUT2D eigenvalue weighted by molar-refractivity contribution is 5.47. The molecule has 0 aromatic heterocycles. The number of nitrogens with one attached hydrogen (secondary N) is 1. The van der Waals surface area contributed by atoms with Crippen LogP contribution in [0.4, 0.5) is 0 Å². The molecule has 0 aliphatic carbocycles. The van der Waals surface area contributed by atoms with E-state index in [0.717, 1.165) is 17.1 Å². The second-order valence-electron chi connectivity index (χ2n) is 5.04. The monoisotopic (exact) mass is 238 g/mol. The summed E-state index contributed by atoms with van der Waals surface area (Å²) in [4.78, 5) is 0. The fourth-order valence-corrected chi connectivity index (χ4v) is 1.93. The molecule has 4 nitrogen and oxygen atoms in total. The van der Waals surface area contributed by atoms with Crippen LogP contribution in [-0.2, 0) is 0 Å². The van der Waals surface area contributed by atoms with Crippen LogP contribution in [0.15, 0.2) is 18.2 Å². The summed E-state index contributed by atoms with van der Waals surface area (Å²) in [5.74, 6) is 7.24. The lowest BCUT2D eigenvalue weighted by atomic mass is 9.82. The van der Waals surface area contributed by atoms with Crippen LogP contribution >= 0.6 is 0 Å². The van der Waals surface area contributed by atoms with Crippen LogP contribution in [-0.4, -0.2) is 14.2 Å². The van der Waals surface area contributed by atoms with Crippen molar-refractivity contribution in [3.63, 3.8) is 0 Å². The highest BCUT2D eigenvalue weighted by Gasteiger charge is 2.30. The zero-order valence-corrected chi connectivity index (χ0v) is 11.2. The maximum Gasteiger partial charge on any atom is 0.127 e. The fraction of sp³-hybridized carbons (Fsp3) is 0.538. The molecule has 0 amide bonds. The molecule has 3 N–H and O–H groups in total. The van der Waals surface area contributed by atoms with Gasteiger partial charge in [0.2, 0.25) is 0 Å². The van der Waals surface area contributed by atoms with E-state index in [4.69, 9.17) is 15.3 Å². The van der Waals surface area contributed by atoms with Gasteiger partial charge in [-0.3, -0.25) is 11.3 Å². The van der Waals surface area contributed by atoms with E-state index in [1.165, 1.54) is 0 Å². The summed E-state index contributed by atoms with van der Waals surface area (Å²) < 4.78 is 10.8. The highest BCUT2D eigenvalue weighted by atomic mass is 16.5. The maximum atomic E-state index is 5.68. The molecule has 0 bridgehead atoms. The molecule has 4 heteroatoms. The third-order valence-corrected chi connectivity index (χ3v) is 2.79. The largest absolute Gasteiger partial charge is 0.496 e. The van der Waals surface area contributed by atoms with Crippen LogP contribution in [0.1, 0.15) is 32.4 Å². The van der Waals surface area contributed by atoms with E-state index in [9.17, 15) is 0 Å². The average Bonchev–Trinajstić information content (AvgIpc) is 2.28. The van der Waals surface area contributed by atoms with Gasteiger partial charge < -0.3 is 9.47 Å². The summed E-state index contributed by atoms with van der Waals surface area (Å²) in [7, 11) is 3.29. The molecule has 1 atom stereocenters. The summed E-state index contributed by atoms with van der Waals surface area (Å²) in [5, 5.41) is 0. The van der Waals surface area contributed by atoms with Crippen molar-refractivity contribution < 1.29 is 9.47 Å². The van der Waals surface area contributed by atoms with E-state index in [0.29, 0.717) is 0 Å². The van der Waals surface area contributed by atoms with Crippen LogP contribution < -0.4 is 20.7 Å². The molecule has 96 valence electrons. The van der Waals surface area contributed by atoms with E-state index in [-0.39, 0.29) is 11.5 Å². The van der Waals surface area contributed by atoms with Crippen LogP contribution in [0.2, 0.25) is 0 Å². The molecule has 0 fully saturated rings. The van der Waals surface area contributed by atoms with Crippen molar-refractivity contribution in [2.45, 2.75) is 26.8 Å². The quantitative estimate of drug-likeness (QED) is 0.624. The predicted octanol–water partition coefficient (Wildman–Crippen LogP) is 2.25. The van der Waals surface area contributed by atoms with E-state index in [1.807, 2.05) is 18.2 Å². The van der Waals surface area contributed by atoms with Crippen LogP contribution in [0, 0.1) is 5.41 Å². The van der Waals surface area contributed by atoms with E-state index < -0.39 is 0 Å². The summed E-state index contributed by atoms with van der Waals surface area (Å²) in [6.07, 6.45) is 0. The number of hydrogen-bond donors (Lipinski definition) is 2. The third-order valence-electron chi connectivity index (χ3n) is 2.79. The van der Waals surface area contributed by atoms with Gasteiger partial charge in [0.1, 0.15) is 11.5 Å². The summed E-state index contributed by atoms with van der Waals surface area (Å²) >= 11 is 0. The van der Waals surface area contributed by atoms with Crippen molar-refractivity contribution in [1.82, 2.24) is 5.43 Å². The first-order chi connectivity index (χ1) is 7.95. The lowest BCUT2D eigenvalue weighted by Crippen LogP contribution is -2.37. The molecule has 0 heterocycles. The molecular weight excluding hydrogens is 216 g/mol. The smallest absolute Gasteiger partial charge is 0.127 e. The molecule has 1 rings (SSSR count). The first-order valence-electron chi connectivity index (χ1n) is 5.62. The summed E-state index contributed by atoms with van der Waals surface area (Å²) in [6, 6.07) is 5.67. The Hall–Kier alpha value is -1.26. The van der Waals surface area contributed by atoms with Gasteiger partial charge in [0.25, 0.3) is 0 Å². The van der Waals surface area contributed by atoms with E-state index in [2.05, 4.69) is 26.2 Å². The number of benzene rings is 1. The van der Waals surface area contributed by atoms with Gasteiger partial charge in [-0.05, 0) is 17.5 Å². The van der Waals surface area contributed by atoms with Gasteiger partial charge in [0.15, 0.2) is 0 Å². The first-order valence-corrected chi connectivity index (χ1v) is 5.62. The molecule has 1 unspecified atom stereocenters. The molecule has 0 aliphatic heterocycles. The van der Waals surface area contributed by atoms with Crippen molar-refractivity contribution in [1.29, 1.82) is 0 Å². The van der Waals surface area contributed by atoms with Crippen LogP contribution in [0.25, 0.3) is 0 Å². The maximum absolute atomic E-state index is 5.68. The molecule has 17 heavy (non-hydrogen) atoms. The Labute approximate surface area is 103 Å². The van der Waals surface area contributed by atoms with Crippen LogP contribution in [0.3, 0.4) is 0 Å². The first kappa shape index (κ1) is 13.8. The molecule has 1 aromatic rings. The molecule has 1 aromatic carbocycles. The van der Waals surface area contributed by atoms with Gasteiger partial charge >= 0.3 is 0 Å². The second kappa shape index (κ2) is 5.38. The lowest BCUT2D eigenvalue weighted by molar-refractivity contribution is 0.258. The molecule has 0 saturated heterocycles. The normalized spacial score (nSPS) is 13.3. The molecular formula is C13H22N2O2. The molecule has 0 aliphatic rings. The minimum Gasteiger partial charge on any atom is -0.496 e. The Bertz CT molecular complexity index is 350. The zero-order chi connectivity index (χ0) is 13.1. The molecule has 0 saturated carbocycles. The molecule has 0 spiro atoms. The number of nitrogens with two attached hydrogens (primary N) is 1. The second-order valence-corrected chi connectivity index (χ2v) is 5.04. The van der Waals surface area contributed by atoms with Gasteiger partial charge in [-0.25, -0.2) is 0 Å². The summed E-state index contributed by atoms with van der Waals surface area (Å²) in [5.41, 5.74) is 3.75. The number of methoxy groups -OCH3 is 2. The zero-order valence-electron chi connectivity index (χ0n) is 11.2. The SMILES string of the molecule is COc1cccc(OC)c1C(NN)C(C)(C)C. The predicted molar refractivity (Wildman–Crippen MR) is 69.1 cm³/mol. The van der Waals surface area contributed by atoms with Crippen molar-refractivity contribution in [2.24, 2.45) is 11.3 Å². The molecule has 0 radical (unpaired) electrons. The van der Waals surface area contributed by atoms with Gasteiger partial charge in [-0.2, -0.15) is 0 Å². The van der Waals surface area contributed by atoms with Gasteiger partial charge in [-0.1, -0.05) is 26.8 Å². The number of rotatable bonds is 4. The standard InChI is InChI=1S/C13H22N2O2/c1-13(2,3)12(15-14)11-9(16-4)7-6-8-10(11)17-5/h6-8,12,15H,14H2,1-5H3. The Morgan fingerprint density at radius 2 is 1.59 bits per heavy atom. The van der Waals surface area contributed by atoms with E-state index in [1.54, 1.807) is 14.2 Å². The van der Waals surface area contributed by atoms with Crippen LogP contribution in [0.5, 0.6) is 11.5 Å². The van der Waals surface area contributed by atoms with Gasteiger partial charge in [0.05, 0.1) is 25.8 Å². The van der Waals surface area contributed by atoms with Gasteiger partial charge in [-0.15, -0.1) is 0 Å². The minimum absolute atomic E-state index is 0.0450. The van der Waals surface area contributed by atoms with Gasteiger partial charge in [0, 0.05) is 0 Å². The fourth-order valence-electron chi connectivity index (χ4n) is 1.93.